The van der Waals surface area contributed by atoms with Crippen LogP contribution in [0.15, 0.2) is 24.3 Å². The molecule has 1 saturated carbocycles. The lowest BCUT2D eigenvalue weighted by molar-refractivity contribution is -0.385. The van der Waals surface area contributed by atoms with Gasteiger partial charge in [-0.1, -0.05) is 18.2 Å². The van der Waals surface area contributed by atoms with Crippen molar-refractivity contribution in [2.75, 3.05) is 6.26 Å². The van der Waals surface area contributed by atoms with Gasteiger partial charge in [0.15, 0.2) is 0 Å². The molecule has 1 aliphatic carbocycles. The molecule has 0 aliphatic heterocycles. The summed E-state index contributed by atoms with van der Waals surface area (Å²) in [5, 5.41) is 15.4. The quantitative estimate of drug-likeness (QED) is 0.660. The summed E-state index contributed by atoms with van der Waals surface area (Å²) in [6.07, 6.45) is 6.98. The fourth-order valence-electron chi connectivity index (χ4n) is 2.93. The van der Waals surface area contributed by atoms with E-state index in [9.17, 15) is 10.1 Å². The first-order valence-electron chi connectivity index (χ1n) is 7.14. The molecule has 5 heteroatoms. The topological polar surface area (TPSA) is 55.2 Å². The molecule has 1 aromatic rings. The first-order chi connectivity index (χ1) is 9.61. The van der Waals surface area contributed by atoms with Crippen molar-refractivity contribution in [1.82, 2.24) is 5.32 Å². The maximum atomic E-state index is 11.1. The van der Waals surface area contributed by atoms with Crippen LogP contribution in [0.5, 0.6) is 0 Å². The van der Waals surface area contributed by atoms with Gasteiger partial charge in [0.25, 0.3) is 5.69 Å². The highest BCUT2D eigenvalue weighted by atomic mass is 32.2. The molecular formula is C15H22N2O2S. The maximum Gasteiger partial charge on any atom is 0.274 e. The number of nitrogens with one attached hydrogen (secondary N) is 1. The fraction of sp³-hybridized carbons (Fsp3) is 0.600. The van der Waals surface area contributed by atoms with Gasteiger partial charge >= 0.3 is 0 Å². The molecule has 1 N–H and O–H groups in total. The number of nitro groups is 1. The summed E-state index contributed by atoms with van der Waals surface area (Å²) in [4.78, 5) is 10.8. The summed E-state index contributed by atoms with van der Waals surface area (Å²) in [5.74, 6) is 0. The first-order valence-corrected chi connectivity index (χ1v) is 8.42. The van der Waals surface area contributed by atoms with Crippen molar-refractivity contribution in [3.8, 4) is 0 Å². The lowest BCUT2D eigenvalue weighted by atomic mass is 9.93. The van der Waals surface area contributed by atoms with E-state index < -0.39 is 0 Å². The summed E-state index contributed by atoms with van der Waals surface area (Å²) in [7, 11) is 0. The van der Waals surface area contributed by atoms with E-state index in [0.717, 1.165) is 23.7 Å². The van der Waals surface area contributed by atoms with Crippen LogP contribution in [-0.4, -0.2) is 22.5 Å². The SMILES string of the molecule is CSC1CCC(NC(C)c2ccccc2[N+](=O)[O-])CC1. The van der Waals surface area contributed by atoms with Crippen molar-refractivity contribution in [2.24, 2.45) is 0 Å². The van der Waals surface area contributed by atoms with Gasteiger partial charge in [-0.25, -0.2) is 0 Å². The van der Waals surface area contributed by atoms with Crippen molar-refractivity contribution in [1.29, 1.82) is 0 Å². The van der Waals surface area contributed by atoms with E-state index in [1.807, 2.05) is 30.8 Å². The van der Waals surface area contributed by atoms with E-state index in [4.69, 9.17) is 0 Å². The Morgan fingerprint density at radius 1 is 1.30 bits per heavy atom. The number of hydrogen-bond acceptors (Lipinski definition) is 4. The molecule has 0 heterocycles. The zero-order valence-corrected chi connectivity index (χ0v) is 12.9. The molecule has 1 fully saturated rings. The van der Waals surface area contributed by atoms with Crippen molar-refractivity contribution in [3.05, 3.63) is 39.9 Å². The van der Waals surface area contributed by atoms with Crippen molar-refractivity contribution < 1.29 is 4.92 Å². The van der Waals surface area contributed by atoms with Crippen LogP contribution in [0.3, 0.4) is 0 Å². The van der Waals surface area contributed by atoms with Gasteiger partial charge in [0.05, 0.1) is 4.92 Å². The second kappa shape index (κ2) is 7.09. The molecule has 0 aromatic heterocycles. The van der Waals surface area contributed by atoms with Gasteiger partial charge in [-0.2, -0.15) is 11.8 Å². The van der Waals surface area contributed by atoms with E-state index in [1.165, 1.54) is 12.8 Å². The zero-order chi connectivity index (χ0) is 14.5. The van der Waals surface area contributed by atoms with Gasteiger partial charge < -0.3 is 5.32 Å². The number of benzene rings is 1. The van der Waals surface area contributed by atoms with E-state index in [2.05, 4.69) is 11.6 Å². The third-order valence-corrected chi connectivity index (χ3v) is 5.23. The minimum absolute atomic E-state index is 0.0208. The van der Waals surface area contributed by atoms with Gasteiger partial charge in [-0.05, 0) is 38.9 Å². The molecule has 0 radical (unpaired) electrons. The monoisotopic (exact) mass is 294 g/mol. The van der Waals surface area contributed by atoms with Gasteiger partial charge in [0.1, 0.15) is 0 Å². The molecule has 1 aliphatic rings. The highest BCUT2D eigenvalue weighted by Gasteiger charge is 2.24. The van der Waals surface area contributed by atoms with Crippen LogP contribution in [0.1, 0.15) is 44.2 Å². The molecule has 1 atom stereocenters. The van der Waals surface area contributed by atoms with Crippen LogP contribution in [0.4, 0.5) is 5.69 Å². The Morgan fingerprint density at radius 2 is 1.95 bits per heavy atom. The summed E-state index contributed by atoms with van der Waals surface area (Å²) >= 11 is 1.95. The number of hydrogen-bond donors (Lipinski definition) is 1. The van der Waals surface area contributed by atoms with E-state index in [0.29, 0.717) is 6.04 Å². The molecule has 4 nitrogen and oxygen atoms in total. The predicted octanol–water partition coefficient (Wildman–Crippen LogP) is 3.92. The second-order valence-electron chi connectivity index (χ2n) is 5.41. The molecular weight excluding hydrogens is 272 g/mol. The number of thioether (sulfide) groups is 1. The van der Waals surface area contributed by atoms with Crippen LogP contribution in [0.25, 0.3) is 0 Å². The molecule has 1 aromatic carbocycles. The Bertz CT molecular complexity index is 459. The first kappa shape index (κ1) is 15.3. The lowest BCUT2D eigenvalue weighted by Gasteiger charge is -2.30. The molecule has 0 amide bonds. The van der Waals surface area contributed by atoms with Crippen LogP contribution >= 0.6 is 11.8 Å². The Morgan fingerprint density at radius 3 is 2.55 bits per heavy atom. The number of nitrogens with zero attached hydrogens (tertiary/aromatic N) is 1. The normalized spacial score (nSPS) is 24.3. The largest absolute Gasteiger partial charge is 0.307 e. The van der Waals surface area contributed by atoms with Crippen molar-refractivity contribution >= 4 is 17.4 Å². The van der Waals surface area contributed by atoms with E-state index in [-0.39, 0.29) is 16.7 Å². The molecule has 110 valence electrons. The number of rotatable bonds is 5. The van der Waals surface area contributed by atoms with E-state index >= 15 is 0 Å². The van der Waals surface area contributed by atoms with Gasteiger partial charge in [-0.15, -0.1) is 0 Å². The highest BCUT2D eigenvalue weighted by molar-refractivity contribution is 7.99. The summed E-state index contributed by atoms with van der Waals surface area (Å²) in [6.45, 7) is 2.02. The maximum absolute atomic E-state index is 11.1. The smallest absolute Gasteiger partial charge is 0.274 e. The standard InChI is InChI=1S/C15H22N2O2S/c1-11(14-5-3-4-6-15(14)17(18)19)16-12-7-9-13(20-2)10-8-12/h3-6,11-13,16H,7-10H2,1-2H3. The third kappa shape index (κ3) is 3.73. The van der Waals surface area contributed by atoms with Crippen molar-refractivity contribution in [3.63, 3.8) is 0 Å². The van der Waals surface area contributed by atoms with Crippen LogP contribution in [-0.2, 0) is 0 Å². The van der Waals surface area contributed by atoms with Crippen molar-refractivity contribution in [2.45, 2.75) is 49.9 Å². The summed E-state index contributed by atoms with van der Waals surface area (Å²) < 4.78 is 0. The average molecular weight is 294 g/mol. The molecule has 0 bridgehead atoms. The Kier molecular flexibility index (Phi) is 5.43. The summed E-state index contributed by atoms with van der Waals surface area (Å²) in [6, 6.07) is 7.52. The number of para-hydroxylation sites is 1. The third-order valence-electron chi connectivity index (χ3n) is 4.09. The molecule has 2 rings (SSSR count). The molecule has 20 heavy (non-hydrogen) atoms. The minimum atomic E-state index is -0.294. The van der Waals surface area contributed by atoms with Gasteiger partial charge in [0.2, 0.25) is 0 Å². The predicted molar refractivity (Wildman–Crippen MR) is 84.2 cm³/mol. The van der Waals surface area contributed by atoms with Gasteiger partial charge in [0, 0.05) is 29.0 Å². The lowest BCUT2D eigenvalue weighted by Crippen LogP contribution is -2.35. The molecule has 0 spiro atoms. The number of nitro benzene ring substituents is 1. The Labute approximate surface area is 124 Å². The Hall–Kier alpha value is -1.07. The van der Waals surface area contributed by atoms with E-state index in [1.54, 1.807) is 12.1 Å². The highest BCUT2D eigenvalue weighted by Crippen LogP contribution is 2.30. The Balaban J connectivity index is 1.99. The average Bonchev–Trinajstić information content (AvgIpc) is 2.48. The van der Waals surface area contributed by atoms with Crippen LogP contribution < -0.4 is 5.32 Å². The van der Waals surface area contributed by atoms with Crippen LogP contribution in [0, 0.1) is 10.1 Å². The van der Waals surface area contributed by atoms with Gasteiger partial charge in [-0.3, -0.25) is 10.1 Å². The molecule has 1 unspecified atom stereocenters. The van der Waals surface area contributed by atoms with Crippen LogP contribution in [0.2, 0.25) is 0 Å². The zero-order valence-electron chi connectivity index (χ0n) is 12.0. The minimum Gasteiger partial charge on any atom is -0.307 e. The summed E-state index contributed by atoms with van der Waals surface area (Å²) in [5.41, 5.74) is 0.995. The molecule has 0 saturated heterocycles. The second-order valence-corrected chi connectivity index (χ2v) is 6.55. The fourth-order valence-corrected chi connectivity index (χ4v) is 3.67.